The van der Waals surface area contributed by atoms with Crippen LogP contribution in [0.4, 0.5) is 0 Å². The molecule has 3 nitrogen and oxygen atoms in total. The molecular formula is C20H21NO2. The molecule has 23 heavy (non-hydrogen) atoms. The molecule has 118 valence electrons. The Morgan fingerprint density at radius 1 is 1.17 bits per heavy atom. The summed E-state index contributed by atoms with van der Waals surface area (Å²) in [6.45, 7) is 4.88. The van der Waals surface area contributed by atoms with Gasteiger partial charge in [-0.15, -0.1) is 6.58 Å². The molecule has 0 aromatic heterocycles. The number of likely N-dealkylation sites (tertiary alicyclic amines) is 1. The van der Waals surface area contributed by atoms with Crippen LogP contribution in [0.5, 0.6) is 0 Å². The molecule has 3 rings (SSSR count). The first-order chi connectivity index (χ1) is 11.2. The first kappa shape index (κ1) is 15.5. The molecule has 1 unspecified atom stereocenters. The number of rotatable bonds is 4. The van der Waals surface area contributed by atoms with Crippen molar-refractivity contribution in [1.82, 2.24) is 4.90 Å². The quantitative estimate of drug-likeness (QED) is 0.636. The van der Waals surface area contributed by atoms with E-state index in [-0.39, 0.29) is 17.6 Å². The van der Waals surface area contributed by atoms with Gasteiger partial charge in [0.2, 0.25) is 5.91 Å². The molecule has 0 spiro atoms. The van der Waals surface area contributed by atoms with E-state index in [2.05, 4.69) is 6.58 Å². The second-order valence-corrected chi connectivity index (χ2v) is 6.10. The number of carbonyl (C=O) groups excluding carboxylic acids is 2. The van der Waals surface area contributed by atoms with Crippen molar-refractivity contribution >= 4 is 22.5 Å². The van der Waals surface area contributed by atoms with Gasteiger partial charge in [-0.05, 0) is 29.7 Å². The van der Waals surface area contributed by atoms with Gasteiger partial charge in [-0.3, -0.25) is 9.59 Å². The minimum absolute atomic E-state index is 0.0658. The summed E-state index contributed by atoms with van der Waals surface area (Å²) in [5, 5.41) is 2.21. The van der Waals surface area contributed by atoms with Crippen LogP contribution in [0.15, 0.2) is 55.1 Å². The lowest BCUT2D eigenvalue weighted by Gasteiger charge is -2.32. The van der Waals surface area contributed by atoms with E-state index in [0.29, 0.717) is 13.0 Å². The van der Waals surface area contributed by atoms with Gasteiger partial charge in [0.05, 0.1) is 0 Å². The molecule has 1 aliphatic rings. The number of hydrogen-bond donors (Lipinski definition) is 0. The Labute approximate surface area is 136 Å². The van der Waals surface area contributed by atoms with E-state index in [1.807, 2.05) is 42.5 Å². The molecule has 0 bridgehead atoms. The average molecular weight is 307 g/mol. The fourth-order valence-electron chi connectivity index (χ4n) is 3.25. The number of benzene rings is 2. The average Bonchev–Trinajstić information content (AvgIpc) is 2.61. The van der Waals surface area contributed by atoms with Crippen LogP contribution in [0.2, 0.25) is 0 Å². The van der Waals surface area contributed by atoms with E-state index in [4.69, 9.17) is 0 Å². The maximum atomic E-state index is 12.8. The summed E-state index contributed by atoms with van der Waals surface area (Å²) in [6, 6.07) is 13.9. The molecule has 1 fully saturated rings. The molecular weight excluding hydrogens is 286 g/mol. The Hall–Kier alpha value is -2.42. The zero-order valence-electron chi connectivity index (χ0n) is 13.2. The minimum Gasteiger partial charge on any atom is -0.342 e. The van der Waals surface area contributed by atoms with Crippen LogP contribution >= 0.6 is 0 Å². The van der Waals surface area contributed by atoms with Crippen molar-refractivity contribution in [3.63, 3.8) is 0 Å². The van der Waals surface area contributed by atoms with E-state index >= 15 is 0 Å². The van der Waals surface area contributed by atoms with Crippen LogP contribution in [0.25, 0.3) is 10.8 Å². The molecule has 1 amide bonds. The number of amides is 1. The molecule has 0 radical (unpaired) electrons. The maximum absolute atomic E-state index is 12.8. The lowest BCUT2D eigenvalue weighted by molar-refractivity contribution is -0.131. The normalized spacial score (nSPS) is 17.9. The van der Waals surface area contributed by atoms with Crippen LogP contribution in [0, 0.1) is 5.92 Å². The maximum Gasteiger partial charge on any atom is 0.226 e. The van der Waals surface area contributed by atoms with Gasteiger partial charge in [0.25, 0.3) is 0 Å². The van der Waals surface area contributed by atoms with Gasteiger partial charge >= 0.3 is 0 Å². The van der Waals surface area contributed by atoms with E-state index in [9.17, 15) is 9.59 Å². The number of nitrogens with zero attached hydrogens (tertiary/aromatic N) is 1. The predicted octanol–water partition coefficient (Wildman–Crippen LogP) is 3.84. The topological polar surface area (TPSA) is 37.4 Å². The third-order valence-electron chi connectivity index (χ3n) is 4.50. The Bertz CT molecular complexity index is 750. The number of ketones is 1. The van der Waals surface area contributed by atoms with Crippen molar-refractivity contribution < 1.29 is 9.59 Å². The highest BCUT2D eigenvalue weighted by Gasteiger charge is 2.28. The lowest BCUT2D eigenvalue weighted by Crippen LogP contribution is -2.42. The van der Waals surface area contributed by atoms with Gasteiger partial charge in [-0.2, -0.15) is 0 Å². The zero-order chi connectivity index (χ0) is 16.2. The van der Waals surface area contributed by atoms with E-state index in [0.717, 1.165) is 35.7 Å². The molecule has 3 heteroatoms. The largest absolute Gasteiger partial charge is 0.342 e. The molecule has 0 aliphatic carbocycles. The molecule has 1 heterocycles. The highest BCUT2D eigenvalue weighted by Crippen LogP contribution is 2.24. The third kappa shape index (κ3) is 3.34. The fraction of sp³-hybridized carbons (Fsp3) is 0.300. The summed E-state index contributed by atoms with van der Waals surface area (Å²) in [5.74, 6) is 0.113. The standard InChI is InChI=1S/C20H21NO2/c1-2-6-19(22)21-12-5-9-18(14-21)20(23)17-11-10-15-7-3-4-8-16(15)13-17/h2-4,7-8,10-11,13,18H,1,5-6,9,12,14H2. The second-order valence-electron chi connectivity index (χ2n) is 6.10. The number of fused-ring (bicyclic) bond motifs is 1. The number of Topliss-reactive ketones (excluding diaryl/α,β-unsaturated/α-hetero) is 1. The Kier molecular flexibility index (Phi) is 4.56. The van der Waals surface area contributed by atoms with Crippen molar-refractivity contribution in [2.24, 2.45) is 5.92 Å². The summed E-state index contributed by atoms with van der Waals surface area (Å²) in [6.07, 6.45) is 3.70. The van der Waals surface area contributed by atoms with E-state index < -0.39 is 0 Å². The molecule has 2 aromatic carbocycles. The highest BCUT2D eigenvalue weighted by atomic mass is 16.2. The van der Waals surface area contributed by atoms with Gasteiger partial charge in [-0.25, -0.2) is 0 Å². The zero-order valence-corrected chi connectivity index (χ0v) is 13.2. The molecule has 1 aliphatic heterocycles. The first-order valence-corrected chi connectivity index (χ1v) is 8.10. The van der Waals surface area contributed by atoms with Crippen LogP contribution < -0.4 is 0 Å². The SMILES string of the molecule is C=CCC(=O)N1CCCC(C(=O)c2ccc3ccccc3c2)C1. The van der Waals surface area contributed by atoms with E-state index in [1.165, 1.54) is 0 Å². The molecule has 0 saturated carbocycles. The number of piperidine rings is 1. The third-order valence-corrected chi connectivity index (χ3v) is 4.50. The van der Waals surface area contributed by atoms with Crippen molar-refractivity contribution in [1.29, 1.82) is 0 Å². The van der Waals surface area contributed by atoms with Crippen LogP contribution in [0.3, 0.4) is 0 Å². The molecule has 1 atom stereocenters. The van der Waals surface area contributed by atoms with Gasteiger partial charge in [0, 0.05) is 31.0 Å². The summed E-state index contributed by atoms with van der Waals surface area (Å²) < 4.78 is 0. The van der Waals surface area contributed by atoms with Crippen molar-refractivity contribution in [3.8, 4) is 0 Å². The predicted molar refractivity (Wildman–Crippen MR) is 92.4 cm³/mol. The van der Waals surface area contributed by atoms with Crippen molar-refractivity contribution in [3.05, 3.63) is 60.7 Å². The first-order valence-electron chi connectivity index (χ1n) is 8.10. The highest BCUT2D eigenvalue weighted by molar-refractivity contribution is 6.01. The Morgan fingerprint density at radius 3 is 2.74 bits per heavy atom. The molecule has 1 saturated heterocycles. The fourth-order valence-corrected chi connectivity index (χ4v) is 3.25. The number of hydrogen-bond acceptors (Lipinski definition) is 2. The number of carbonyl (C=O) groups is 2. The summed E-state index contributed by atoms with van der Waals surface area (Å²) in [7, 11) is 0. The summed E-state index contributed by atoms with van der Waals surface area (Å²) in [4.78, 5) is 26.6. The van der Waals surface area contributed by atoms with Gasteiger partial charge in [0.15, 0.2) is 5.78 Å². The van der Waals surface area contributed by atoms with Gasteiger partial charge < -0.3 is 4.90 Å². The monoisotopic (exact) mass is 307 g/mol. The van der Waals surface area contributed by atoms with Crippen molar-refractivity contribution in [2.75, 3.05) is 13.1 Å². The summed E-state index contributed by atoms with van der Waals surface area (Å²) >= 11 is 0. The lowest BCUT2D eigenvalue weighted by atomic mass is 9.89. The molecule has 0 N–H and O–H groups in total. The van der Waals surface area contributed by atoms with Crippen LogP contribution in [-0.2, 0) is 4.79 Å². The summed E-state index contributed by atoms with van der Waals surface area (Å²) in [5.41, 5.74) is 0.742. The Balaban J connectivity index is 1.78. The Morgan fingerprint density at radius 2 is 1.96 bits per heavy atom. The van der Waals surface area contributed by atoms with Crippen molar-refractivity contribution in [2.45, 2.75) is 19.3 Å². The smallest absolute Gasteiger partial charge is 0.226 e. The van der Waals surface area contributed by atoms with Crippen LogP contribution in [-0.4, -0.2) is 29.7 Å². The van der Waals surface area contributed by atoms with Gasteiger partial charge in [-0.1, -0.05) is 42.5 Å². The van der Waals surface area contributed by atoms with E-state index in [1.54, 1.807) is 11.0 Å². The molecule has 2 aromatic rings. The second kappa shape index (κ2) is 6.78. The minimum atomic E-state index is -0.0984. The van der Waals surface area contributed by atoms with Gasteiger partial charge in [0.1, 0.15) is 0 Å². The van der Waals surface area contributed by atoms with Crippen LogP contribution in [0.1, 0.15) is 29.6 Å².